The molecule has 0 aromatic carbocycles. The number of allylic oxidation sites excluding steroid dienone is 4. The molecule has 0 aliphatic rings. The molecule has 14 heteroatoms. The molecule has 0 aliphatic heterocycles. The van der Waals surface area contributed by atoms with E-state index in [2.05, 4.69) is 43.5 Å². The molecule has 0 saturated heterocycles. The van der Waals surface area contributed by atoms with E-state index in [9.17, 15) is 23.8 Å². The second-order valence-corrected chi connectivity index (χ2v) is 16.4. The van der Waals surface area contributed by atoms with E-state index in [-0.39, 0.29) is 58.2 Å². The zero-order chi connectivity index (χ0) is 41.9. The number of alkyl carbamates (subject to hydrolysis) is 1. The third-order valence-corrected chi connectivity index (χ3v) is 10.4. The van der Waals surface area contributed by atoms with E-state index in [4.69, 9.17) is 29.0 Å². The highest BCUT2D eigenvalue weighted by Crippen LogP contribution is 2.43. The van der Waals surface area contributed by atoms with Gasteiger partial charge in [0.25, 0.3) is 0 Å². The van der Waals surface area contributed by atoms with Crippen LogP contribution in [0, 0.1) is 0 Å². The summed E-state index contributed by atoms with van der Waals surface area (Å²) in [6.45, 7) is 3.41. The van der Waals surface area contributed by atoms with Gasteiger partial charge < -0.3 is 30.2 Å². The van der Waals surface area contributed by atoms with Crippen LogP contribution in [-0.2, 0) is 37.4 Å². The number of hydrogen-bond donors (Lipinski definition) is 3. The van der Waals surface area contributed by atoms with E-state index in [0.717, 1.165) is 70.6 Å². The van der Waals surface area contributed by atoms with Gasteiger partial charge in [-0.1, -0.05) is 141 Å². The molecule has 342 valence electrons. The van der Waals surface area contributed by atoms with Crippen molar-refractivity contribution in [2.75, 3.05) is 39.5 Å². The van der Waals surface area contributed by atoms with Gasteiger partial charge in [0.2, 0.25) is 0 Å². The summed E-state index contributed by atoms with van der Waals surface area (Å²) >= 11 is 0. The summed E-state index contributed by atoms with van der Waals surface area (Å²) in [5, 5.41) is 2.35. The molecule has 2 atom stereocenters. The van der Waals surface area contributed by atoms with Crippen molar-refractivity contribution in [2.45, 2.75) is 200 Å². The molecule has 0 fully saturated rings. The van der Waals surface area contributed by atoms with E-state index < -0.39 is 38.6 Å². The zero-order valence-electron chi connectivity index (χ0n) is 36.5. The molecule has 58 heavy (non-hydrogen) atoms. The number of phosphoric acid groups is 1. The Morgan fingerprint density at radius 3 is 1.48 bits per heavy atom. The summed E-state index contributed by atoms with van der Waals surface area (Å²) in [7, 11) is -4.57. The molecule has 0 heterocycles. The second kappa shape index (κ2) is 44.6. The number of nitrogens with two attached hydrogens (primary N) is 1. The first-order chi connectivity index (χ1) is 27.7. The maximum absolute atomic E-state index is 12.7. The third kappa shape index (κ3) is 43.6. The fraction of sp³-hybridized carbons (Fsp3) is 0.841. The number of carbonyl (C=O) groups is 3. The Kier molecular flexibility index (Phi) is 44.7. The molecule has 0 rings (SSSR count). The lowest BCUT2D eigenvalue weighted by molar-refractivity contribution is -0.161. The third-order valence-electron chi connectivity index (χ3n) is 9.41. The van der Waals surface area contributed by atoms with Crippen LogP contribution >= 0.6 is 20.2 Å². The predicted molar refractivity (Wildman–Crippen MR) is 237 cm³/mol. The largest absolute Gasteiger partial charge is 0.472 e. The minimum absolute atomic E-state index is 0. The molecule has 0 aromatic heterocycles. The van der Waals surface area contributed by atoms with Crippen molar-refractivity contribution in [3.05, 3.63) is 24.3 Å². The van der Waals surface area contributed by atoms with Crippen molar-refractivity contribution < 1.29 is 47.1 Å². The Labute approximate surface area is 358 Å². The van der Waals surface area contributed by atoms with Crippen LogP contribution < -0.4 is 11.1 Å². The van der Waals surface area contributed by atoms with E-state index >= 15 is 0 Å². The summed E-state index contributed by atoms with van der Waals surface area (Å²) in [5.74, 6) is -0.926. The molecule has 0 radical (unpaired) electrons. The quantitative estimate of drug-likeness (QED) is 0.0175. The van der Waals surface area contributed by atoms with Crippen LogP contribution in [0.4, 0.5) is 4.79 Å². The van der Waals surface area contributed by atoms with Gasteiger partial charge in [-0.3, -0.25) is 18.6 Å². The van der Waals surface area contributed by atoms with Crippen molar-refractivity contribution in [3.8, 4) is 0 Å². The molecular weight excluding hydrogens is 783 g/mol. The zero-order valence-corrected chi connectivity index (χ0v) is 38.2. The maximum Gasteiger partial charge on any atom is 0.472 e. The first kappa shape index (κ1) is 58.1. The van der Waals surface area contributed by atoms with Crippen molar-refractivity contribution >= 4 is 38.3 Å². The van der Waals surface area contributed by atoms with Crippen LogP contribution in [0.1, 0.15) is 194 Å². The van der Waals surface area contributed by atoms with Crippen molar-refractivity contribution in [3.63, 3.8) is 0 Å². The average molecular weight is 868 g/mol. The number of halogens is 1. The Morgan fingerprint density at radius 1 is 0.586 bits per heavy atom. The van der Waals surface area contributed by atoms with E-state index in [0.29, 0.717) is 12.8 Å². The smallest absolute Gasteiger partial charge is 0.462 e. The number of amides is 1. The first-order valence-electron chi connectivity index (χ1n) is 22.6. The number of rotatable bonds is 42. The van der Waals surface area contributed by atoms with E-state index in [1.807, 2.05) is 0 Å². The fourth-order valence-electron chi connectivity index (χ4n) is 6.03. The minimum Gasteiger partial charge on any atom is -0.462 e. The second-order valence-electron chi connectivity index (χ2n) is 14.9. The molecule has 0 saturated carbocycles. The van der Waals surface area contributed by atoms with Gasteiger partial charge >= 0.3 is 25.9 Å². The van der Waals surface area contributed by atoms with Crippen LogP contribution in [0.2, 0.25) is 0 Å². The van der Waals surface area contributed by atoms with E-state index in [1.165, 1.54) is 83.5 Å². The number of phosphoric ester groups is 1. The molecule has 0 bridgehead atoms. The Balaban J connectivity index is 0. The highest BCUT2D eigenvalue weighted by Gasteiger charge is 2.26. The van der Waals surface area contributed by atoms with Crippen LogP contribution in [0.25, 0.3) is 0 Å². The lowest BCUT2D eigenvalue weighted by Gasteiger charge is -2.20. The van der Waals surface area contributed by atoms with Gasteiger partial charge in [0.15, 0.2) is 6.10 Å². The van der Waals surface area contributed by atoms with Gasteiger partial charge in [0.1, 0.15) is 13.2 Å². The lowest BCUT2D eigenvalue weighted by atomic mass is 10.1. The van der Waals surface area contributed by atoms with Gasteiger partial charge in [-0.2, -0.15) is 0 Å². The Bertz CT molecular complexity index is 1070. The highest BCUT2D eigenvalue weighted by atomic mass is 35.5. The summed E-state index contributed by atoms with van der Waals surface area (Å²) < 4.78 is 38.1. The molecule has 1 unspecified atom stereocenters. The number of unbranched alkanes of at least 4 members (excludes halogenated alkanes) is 22. The van der Waals surface area contributed by atoms with E-state index in [1.54, 1.807) is 0 Å². The van der Waals surface area contributed by atoms with Gasteiger partial charge in [0, 0.05) is 25.9 Å². The maximum atomic E-state index is 12.7. The molecule has 1 amide bonds. The number of hydrogen-bond acceptors (Lipinski definition) is 10. The summed E-state index contributed by atoms with van der Waals surface area (Å²) in [6.07, 6.45) is 37.7. The van der Waals surface area contributed by atoms with Crippen LogP contribution in [0.5, 0.6) is 0 Å². The molecule has 0 aromatic rings. The molecule has 12 nitrogen and oxygen atoms in total. The Morgan fingerprint density at radius 2 is 1.02 bits per heavy atom. The van der Waals surface area contributed by atoms with Crippen molar-refractivity contribution in [1.29, 1.82) is 0 Å². The van der Waals surface area contributed by atoms with Gasteiger partial charge in [-0.25, -0.2) is 9.36 Å². The van der Waals surface area contributed by atoms with Crippen LogP contribution in [0.15, 0.2) is 24.3 Å². The van der Waals surface area contributed by atoms with Gasteiger partial charge in [-0.15, -0.1) is 12.4 Å². The highest BCUT2D eigenvalue weighted by molar-refractivity contribution is 7.47. The average Bonchev–Trinajstić information content (AvgIpc) is 3.19. The first-order valence-corrected chi connectivity index (χ1v) is 24.1. The predicted octanol–water partition coefficient (Wildman–Crippen LogP) is 11.8. The number of esters is 2. The molecular formula is C44H84ClN2O10P. The topological polar surface area (TPSA) is 173 Å². The minimum atomic E-state index is -4.57. The van der Waals surface area contributed by atoms with Crippen molar-refractivity contribution in [1.82, 2.24) is 5.32 Å². The fourth-order valence-corrected chi connectivity index (χ4v) is 6.78. The van der Waals surface area contributed by atoms with Gasteiger partial charge in [-0.05, 0) is 64.2 Å². The molecule has 0 spiro atoms. The molecule has 4 N–H and O–H groups in total. The summed E-state index contributed by atoms with van der Waals surface area (Å²) in [4.78, 5) is 46.8. The number of ether oxygens (including phenoxy) is 3. The Hall–Kier alpha value is -1.95. The van der Waals surface area contributed by atoms with Crippen molar-refractivity contribution in [2.24, 2.45) is 5.73 Å². The SMILES string of the molecule is CCCCCCCC/C=C\CCCCCCCC(=O)OC[C@H](COP(=O)(O)OCCNC(=O)OCCN)OC(=O)CCCCCCC/C=C\CCCCCCCC.Cl. The monoisotopic (exact) mass is 867 g/mol. The number of carbonyl (C=O) groups excluding carboxylic acids is 3. The van der Waals surface area contributed by atoms with Crippen LogP contribution in [0.3, 0.4) is 0 Å². The molecule has 0 aliphatic carbocycles. The van der Waals surface area contributed by atoms with Crippen LogP contribution in [-0.4, -0.2) is 68.5 Å². The lowest BCUT2D eigenvalue weighted by Crippen LogP contribution is -2.30. The normalized spacial score (nSPS) is 13.0. The van der Waals surface area contributed by atoms with Gasteiger partial charge in [0.05, 0.1) is 13.2 Å². The number of nitrogens with one attached hydrogen (secondary N) is 1. The summed E-state index contributed by atoms with van der Waals surface area (Å²) in [6, 6.07) is 0. The standard InChI is InChI=1S/C44H83N2O10P.ClH/c1-3-5-7-9-11-13-15-17-19-21-23-25-27-29-31-33-42(47)53-39-41(40-55-57(50,51)54-38-36-46-44(49)52-37-35-45)56-43(48)34-32-30-28-26-24-22-20-18-16-14-12-10-8-6-4-2;/h17-20,41H,3-16,21-40,45H2,1-2H3,(H,46,49)(H,50,51);1H/b19-17-,20-18-;/t41-;/m1./s1. The summed E-state index contributed by atoms with van der Waals surface area (Å²) in [5.41, 5.74) is 5.28.